The quantitative estimate of drug-likeness (QED) is 0.717. The van der Waals surface area contributed by atoms with Crippen molar-refractivity contribution < 1.29 is 19.8 Å². The van der Waals surface area contributed by atoms with Crippen molar-refractivity contribution in [2.24, 2.45) is 0 Å². The van der Waals surface area contributed by atoms with Crippen LogP contribution in [0.25, 0.3) is 22.3 Å². The highest BCUT2D eigenvalue weighted by Crippen LogP contribution is 2.52. The molecule has 0 spiro atoms. The van der Waals surface area contributed by atoms with Crippen LogP contribution in [0.3, 0.4) is 0 Å². The summed E-state index contributed by atoms with van der Waals surface area (Å²) in [6.07, 6.45) is 0. The molecule has 0 fully saturated rings. The average molecular weight is 330 g/mol. The first kappa shape index (κ1) is 15.1. The van der Waals surface area contributed by atoms with Gasteiger partial charge in [0.25, 0.3) is 0 Å². The number of aliphatic carboxylic acids is 2. The number of hydrogen-bond donors (Lipinski definition) is 2. The Balaban J connectivity index is 2.17. The van der Waals surface area contributed by atoms with E-state index in [2.05, 4.69) is 0 Å². The first-order valence-electron chi connectivity index (χ1n) is 7.84. The van der Waals surface area contributed by atoms with Crippen LogP contribution in [0.2, 0.25) is 0 Å². The average Bonchev–Trinajstić information content (AvgIpc) is 2.94. The highest BCUT2D eigenvalue weighted by Gasteiger charge is 2.57. The molecule has 3 aromatic carbocycles. The minimum atomic E-state index is -2.11. The van der Waals surface area contributed by atoms with Gasteiger partial charge >= 0.3 is 11.9 Å². The Morgan fingerprint density at radius 2 is 1.20 bits per heavy atom. The van der Waals surface area contributed by atoms with Gasteiger partial charge in [0.1, 0.15) is 0 Å². The van der Waals surface area contributed by atoms with E-state index in [0.717, 1.165) is 5.56 Å². The lowest BCUT2D eigenvalue weighted by atomic mass is 9.75. The highest BCUT2D eigenvalue weighted by atomic mass is 16.4. The number of carbonyl (C=O) groups is 2. The van der Waals surface area contributed by atoms with Gasteiger partial charge in [0.15, 0.2) is 0 Å². The lowest BCUT2D eigenvalue weighted by Gasteiger charge is -2.24. The Morgan fingerprint density at radius 1 is 0.640 bits per heavy atom. The van der Waals surface area contributed by atoms with Crippen LogP contribution < -0.4 is 0 Å². The summed E-state index contributed by atoms with van der Waals surface area (Å²) in [5.74, 6) is -2.76. The van der Waals surface area contributed by atoms with E-state index in [1.807, 2.05) is 36.4 Å². The summed E-state index contributed by atoms with van der Waals surface area (Å²) in [5, 5.41) is 20.0. The fourth-order valence-electron chi connectivity index (χ4n) is 3.75. The Bertz CT molecular complexity index is 991. The molecule has 1 aliphatic rings. The lowest BCUT2D eigenvalue weighted by Crippen LogP contribution is -2.43. The van der Waals surface area contributed by atoms with Crippen molar-refractivity contribution >= 4 is 11.9 Å². The van der Waals surface area contributed by atoms with E-state index in [-0.39, 0.29) is 0 Å². The van der Waals surface area contributed by atoms with Crippen molar-refractivity contribution in [2.75, 3.05) is 0 Å². The summed E-state index contributed by atoms with van der Waals surface area (Å²) < 4.78 is 0. The van der Waals surface area contributed by atoms with Gasteiger partial charge in [-0.1, -0.05) is 72.8 Å². The van der Waals surface area contributed by atoms with Gasteiger partial charge in [-0.05, 0) is 27.8 Å². The number of benzene rings is 3. The molecule has 2 N–H and O–H groups in total. The van der Waals surface area contributed by atoms with E-state index in [4.69, 9.17) is 0 Å². The van der Waals surface area contributed by atoms with Crippen molar-refractivity contribution in [1.82, 2.24) is 0 Å². The Hall–Kier alpha value is -3.40. The molecule has 0 radical (unpaired) electrons. The maximum Gasteiger partial charge on any atom is 0.330 e. The monoisotopic (exact) mass is 330 g/mol. The van der Waals surface area contributed by atoms with Crippen LogP contribution in [0.15, 0.2) is 72.8 Å². The molecule has 122 valence electrons. The van der Waals surface area contributed by atoms with E-state index in [1.54, 1.807) is 36.4 Å². The van der Waals surface area contributed by atoms with Crippen molar-refractivity contribution in [3.05, 3.63) is 83.9 Å². The maximum atomic E-state index is 12.3. The molecule has 0 aromatic heterocycles. The van der Waals surface area contributed by atoms with E-state index < -0.39 is 17.4 Å². The molecule has 0 unspecified atom stereocenters. The third kappa shape index (κ3) is 1.88. The normalized spacial score (nSPS) is 13.8. The van der Waals surface area contributed by atoms with Crippen LogP contribution >= 0.6 is 0 Å². The number of hydrogen-bond acceptors (Lipinski definition) is 2. The topological polar surface area (TPSA) is 74.6 Å². The second-order valence-corrected chi connectivity index (χ2v) is 6.00. The lowest BCUT2D eigenvalue weighted by molar-refractivity contribution is -0.154. The van der Waals surface area contributed by atoms with Crippen LogP contribution in [-0.2, 0) is 15.0 Å². The summed E-state index contributed by atoms with van der Waals surface area (Å²) >= 11 is 0. The summed E-state index contributed by atoms with van der Waals surface area (Å²) in [4.78, 5) is 24.6. The number of rotatable bonds is 3. The molecule has 0 atom stereocenters. The van der Waals surface area contributed by atoms with E-state index >= 15 is 0 Å². The third-order valence-corrected chi connectivity index (χ3v) is 4.79. The Kier molecular flexibility index (Phi) is 3.22. The van der Waals surface area contributed by atoms with Gasteiger partial charge in [-0.15, -0.1) is 0 Å². The van der Waals surface area contributed by atoms with Gasteiger partial charge in [0.2, 0.25) is 5.41 Å². The van der Waals surface area contributed by atoms with Gasteiger partial charge in [-0.2, -0.15) is 0 Å². The van der Waals surface area contributed by atoms with E-state index in [0.29, 0.717) is 27.8 Å². The Labute approximate surface area is 144 Å². The fraction of sp³-hybridized carbons (Fsp3) is 0.0476. The summed E-state index contributed by atoms with van der Waals surface area (Å²) in [6.45, 7) is 0. The minimum Gasteiger partial charge on any atom is -0.480 e. The second kappa shape index (κ2) is 5.31. The summed E-state index contributed by atoms with van der Waals surface area (Å²) in [5.41, 5.74) is 1.23. The standard InChI is InChI=1S/C21H14O4/c22-19(23)21(20(24)25)17-12-5-4-9-15(17)16-11-6-10-14(18(16)21)13-7-2-1-3-8-13/h1-12H,(H,22,23)(H,24,25). The molecule has 3 aromatic rings. The molecule has 4 nitrogen and oxygen atoms in total. The fourth-order valence-corrected chi connectivity index (χ4v) is 3.75. The van der Waals surface area contributed by atoms with Gasteiger partial charge < -0.3 is 10.2 Å². The minimum absolute atomic E-state index is 0.299. The zero-order chi connectivity index (χ0) is 17.6. The first-order chi connectivity index (χ1) is 12.1. The molecule has 0 saturated heterocycles. The molecule has 4 rings (SSSR count). The molecule has 0 saturated carbocycles. The predicted molar refractivity (Wildman–Crippen MR) is 93.4 cm³/mol. The van der Waals surface area contributed by atoms with Crippen LogP contribution in [-0.4, -0.2) is 22.2 Å². The number of fused-ring (bicyclic) bond motifs is 3. The molecule has 1 aliphatic carbocycles. The largest absolute Gasteiger partial charge is 0.480 e. The second-order valence-electron chi connectivity index (χ2n) is 6.00. The third-order valence-electron chi connectivity index (χ3n) is 4.79. The van der Waals surface area contributed by atoms with E-state index in [9.17, 15) is 19.8 Å². The molecule has 0 aliphatic heterocycles. The van der Waals surface area contributed by atoms with Crippen LogP contribution in [0.5, 0.6) is 0 Å². The molecule has 25 heavy (non-hydrogen) atoms. The number of carboxylic acids is 2. The molecule has 0 amide bonds. The van der Waals surface area contributed by atoms with Gasteiger partial charge in [-0.25, -0.2) is 0 Å². The molecular weight excluding hydrogens is 316 g/mol. The van der Waals surface area contributed by atoms with Gasteiger partial charge in [0, 0.05) is 5.56 Å². The Morgan fingerprint density at radius 3 is 1.88 bits per heavy atom. The van der Waals surface area contributed by atoms with Crippen molar-refractivity contribution in [1.29, 1.82) is 0 Å². The van der Waals surface area contributed by atoms with Crippen molar-refractivity contribution in [3.63, 3.8) is 0 Å². The van der Waals surface area contributed by atoms with Crippen LogP contribution in [0, 0.1) is 0 Å². The van der Waals surface area contributed by atoms with Crippen molar-refractivity contribution in [2.45, 2.75) is 5.41 Å². The smallest absolute Gasteiger partial charge is 0.330 e. The highest BCUT2D eigenvalue weighted by molar-refractivity contribution is 6.16. The number of carboxylic acid groups (broad SMARTS) is 2. The van der Waals surface area contributed by atoms with Gasteiger partial charge in [-0.3, -0.25) is 9.59 Å². The molecule has 0 bridgehead atoms. The SMILES string of the molecule is O=C(O)C1(C(=O)O)c2ccccc2-c2cccc(-c3ccccc3)c21. The zero-order valence-electron chi connectivity index (χ0n) is 13.1. The molecule has 0 heterocycles. The zero-order valence-corrected chi connectivity index (χ0v) is 13.1. The molecule has 4 heteroatoms. The van der Waals surface area contributed by atoms with Gasteiger partial charge in [0.05, 0.1) is 0 Å². The molecular formula is C21H14O4. The van der Waals surface area contributed by atoms with Crippen LogP contribution in [0.4, 0.5) is 0 Å². The predicted octanol–water partition coefficient (Wildman–Crippen LogP) is 3.79. The maximum absolute atomic E-state index is 12.3. The van der Waals surface area contributed by atoms with Crippen LogP contribution in [0.1, 0.15) is 11.1 Å². The first-order valence-corrected chi connectivity index (χ1v) is 7.84. The summed E-state index contributed by atoms with van der Waals surface area (Å²) in [6, 6.07) is 21.5. The summed E-state index contributed by atoms with van der Waals surface area (Å²) in [7, 11) is 0. The van der Waals surface area contributed by atoms with E-state index in [1.165, 1.54) is 0 Å². The van der Waals surface area contributed by atoms with Crippen molar-refractivity contribution in [3.8, 4) is 22.3 Å².